The van der Waals surface area contributed by atoms with Crippen LogP contribution in [-0.2, 0) is 13.2 Å². The van der Waals surface area contributed by atoms with E-state index < -0.39 is 5.60 Å². The highest BCUT2D eigenvalue weighted by Crippen LogP contribution is 2.36. The van der Waals surface area contributed by atoms with Gasteiger partial charge in [-0.25, -0.2) is 9.97 Å². The zero-order valence-corrected chi connectivity index (χ0v) is 23.2. The van der Waals surface area contributed by atoms with Crippen LogP contribution in [0, 0.1) is 0 Å². The molecular formula is C36H32N2O3. The minimum Gasteiger partial charge on any atom is -0.487 e. The Balaban J connectivity index is 1.12. The number of nitrogens with zero attached hydrogens (tertiary/aromatic N) is 2. The van der Waals surface area contributed by atoms with Crippen molar-refractivity contribution >= 4 is 21.8 Å². The number of ether oxygens (including phenoxy) is 2. The molecule has 41 heavy (non-hydrogen) atoms. The van der Waals surface area contributed by atoms with Gasteiger partial charge in [-0.15, -0.1) is 0 Å². The minimum absolute atomic E-state index is 0.227. The van der Waals surface area contributed by atoms with Crippen LogP contribution >= 0.6 is 0 Å². The monoisotopic (exact) mass is 540 g/mol. The van der Waals surface area contributed by atoms with E-state index in [1.54, 1.807) is 0 Å². The Bertz CT molecular complexity index is 1650. The Labute approximate surface area is 240 Å². The quantitative estimate of drug-likeness (QED) is 0.202. The minimum atomic E-state index is -0.977. The highest BCUT2D eigenvalue weighted by Gasteiger charge is 2.30. The van der Waals surface area contributed by atoms with Crippen molar-refractivity contribution in [2.75, 3.05) is 0 Å². The van der Waals surface area contributed by atoms with Gasteiger partial charge in [0.25, 0.3) is 0 Å². The summed E-state index contributed by atoms with van der Waals surface area (Å²) < 4.78 is 12.0. The van der Waals surface area contributed by atoms with Gasteiger partial charge in [0.05, 0.1) is 28.0 Å². The maximum atomic E-state index is 11.1. The van der Waals surface area contributed by atoms with Gasteiger partial charge in [-0.1, -0.05) is 72.8 Å². The summed E-state index contributed by atoms with van der Waals surface area (Å²) in [5, 5.41) is 13.3. The molecule has 4 aromatic carbocycles. The molecule has 6 aromatic rings. The highest BCUT2D eigenvalue weighted by molar-refractivity contribution is 5.79. The van der Waals surface area contributed by atoms with Crippen LogP contribution in [0.25, 0.3) is 21.8 Å². The predicted molar refractivity (Wildman–Crippen MR) is 163 cm³/mol. The van der Waals surface area contributed by atoms with E-state index in [9.17, 15) is 5.11 Å². The summed E-state index contributed by atoms with van der Waals surface area (Å²) >= 11 is 0. The van der Waals surface area contributed by atoms with E-state index in [1.807, 2.05) is 111 Å². The first kappa shape index (κ1) is 26.5. The maximum absolute atomic E-state index is 11.1. The first-order valence-corrected chi connectivity index (χ1v) is 13.8. The second-order valence-corrected chi connectivity index (χ2v) is 10.8. The molecular weight excluding hydrogens is 508 g/mol. The molecule has 1 N–H and O–H groups in total. The molecule has 0 aliphatic heterocycles. The molecule has 0 unspecified atom stereocenters. The summed E-state index contributed by atoms with van der Waals surface area (Å²) in [6.07, 6.45) is 0. The molecule has 0 fully saturated rings. The number of hydrogen-bond donors (Lipinski definition) is 1. The first-order valence-electron chi connectivity index (χ1n) is 13.8. The third-order valence-corrected chi connectivity index (χ3v) is 7.22. The summed E-state index contributed by atoms with van der Waals surface area (Å²) in [4.78, 5) is 9.37. The number of pyridine rings is 2. The predicted octanol–water partition coefficient (Wildman–Crippen LogP) is 7.84. The molecule has 0 spiro atoms. The summed E-state index contributed by atoms with van der Waals surface area (Å²) in [5.74, 6) is 1.28. The van der Waals surface area contributed by atoms with Crippen LogP contribution in [0.3, 0.4) is 0 Å². The molecule has 0 saturated carbocycles. The van der Waals surface area contributed by atoms with Gasteiger partial charge in [0.1, 0.15) is 24.7 Å². The molecule has 0 amide bonds. The van der Waals surface area contributed by atoms with Crippen molar-refractivity contribution in [3.63, 3.8) is 0 Å². The van der Waals surface area contributed by atoms with E-state index in [-0.39, 0.29) is 5.92 Å². The average Bonchev–Trinajstić information content (AvgIpc) is 2.99. The van der Waals surface area contributed by atoms with Crippen LogP contribution in [0.1, 0.15) is 42.3 Å². The third kappa shape index (κ3) is 6.21. The van der Waals surface area contributed by atoms with E-state index in [1.165, 1.54) is 0 Å². The van der Waals surface area contributed by atoms with Crippen LogP contribution in [-0.4, -0.2) is 20.7 Å². The van der Waals surface area contributed by atoms with Crippen LogP contribution in [0.5, 0.6) is 11.5 Å². The number of benzene rings is 4. The van der Waals surface area contributed by atoms with E-state index in [0.29, 0.717) is 13.2 Å². The van der Waals surface area contributed by atoms with Gasteiger partial charge >= 0.3 is 0 Å². The van der Waals surface area contributed by atoms with Gasteiger partial charge in [0.15, 0.2) is 0 Å². The van der Waals surface area contributed by atoms with E-state index in [0.717, 1.165) is 55.8 Å². The second kappa shape index (κ2) is 11.4. The van der Waals surface area contributed by atoms with E-state index in [4.69, 9.17) is 9.47 Å². The number of aliphatic hydroxyl groups is 1. The third-order valence-electron chi connectivity index (χ3n) is 7.22. The summed E-state index contributed by atoms with van der Waals surface area (Å²) in [5.41, 5.74) is 4.69. The van der Waals surface area contributed by atoms with Gasteiger partial charge in [-0.05, 0) is 73.5 Å². The molecule has 6 rings (SSSR count). The van der Waals surface area contributed by atoms with Gasteiger partial charge in [-0.2, -0.15) is 0 Å². The molecule has 0 aliphatic rings. The Kier molecular flexibility index (Phi) is 7.36. The van der Waals surface area contributed by atoms with Crippen LogP contribution in [0.2, 0.25) is 0 Å². The molecule has 0 saturated heterocycles. The van der Waals surface area contributed by atoms with Crippen molar-refractivity contribution in [3.05, 3.63) is 144 Å². The van der Waals surface area contributed by atoms with Crippen molar-refractivity contribution in [1.82, 2.24) is 9.97 Å². The number of hydrogen-bond acceptors (Lipinski definition) is 5. The standard InChI is InChI=1S/C36H32N2O3/c1-36(2,39)35(27-13-19-31(20-14-27)40-23-29-17-11-25-7-3-5-9-33(25)37-29)28-15-21-32(22-16-28)41-24-30-18-12-26-8-4-6-10-34(26)38-30/h3-22,35,39H,23-24H2,1-2H3. The smallest absolute Gasteiger partial charge is 0.130 e. The maximum Gasteiger partial charge on any atom is 0.130 e. The van der Waals surface area contributed by atoms with Crippen molar-refractivity contribution in [2.45, 2.75) is 38.6 Å². The lowest BCUT2D eigenvalue weighted by Crippen LogP contribution is -2.29. The number of para-hydroxylation sites is 2. The molecule has 0 atom stereocenters. The second-order valence-electron chi connectivity index (χ2n) is 10.8. The van der Waals surface area contributed by atoms with Crippen molar-refractivity contribution in [1.29, 1.82) is 0 Å². The Hall–Kier alpha value is -4.74. The van der Waals surface area contributed by atoms with Crippen molar-refractivity contribution < 1.29 is 14.6 Å². The lowest BCUT2D eigenvalue weighted by Gasteiger charge is -2.30. The zero-order chi connectivity index (χ0) is 28.2. The molecule has 0 radical (unpaired) electrons. The Morgan fingerprint density at radius 1 is 0.561 bits per heavy atom. The highest BCUT2D eigenvalue weighted by atomic mass is 16.5. The molecule has 204 valence electrons. The SMILES string of the molecule is CC(C)(O)C(c1ccc(OCc2ccc3ccccc3n2)cc1)c1ccc(OCc2ccc3ccccc3n2)cc1. The Morgan fingerprint density at radius 3 is 1.39 bits per heavy atom. The molecule has 5 heteroatoms. The summed E-state index contributed by atoms with van der Waals surface area (Å²) in [6, 6.07) is 40.1. The van der Waals surface area contributed by atoms with Gasteiger partial charge in [-0.3, -0.25) is 0 Å². The molecule has 5 nitrogen and oxygen atoms in total. The van der Waals surface area contributed by atoms with Crippen molar-refractivity contribution in [2.24, 2.45) is 0 Å². The molecule has 0 aliphatic carbocycles. The fourth-order valence-electron chi connectivity index (χ4n) is 5.21. The van der Waals surface area contributed by atoms with Gasteiger partial charge in [0, 0.05) is 16.7 Å². The first-order chi connectivity index (χ1) is 19.9. The van der Waals surface area contributed by atoms with Crippen molar-refractivity contribution in [3.8, 4) is 11.5 Å². The Morgan fingerprint density at radius 2 is 0.976 bits per heavy atom. The number of rotatable bonds is 9. The van der Waals surface area contributed by atoms with Crippen LogP contribution in [0.15, 0.2) is 121 Å². The topological polar surface area (TPSA) is 64.5 Å². The summed E-state index contributed by atoms with van der Waals surface area (Å²) in [7, 11) is 0. The normalized spacial score (nSPS) is 11.7. The number of aromatic nitrogens is 2. The summed E-state index contributed by atoms with van der Waals surface area (Å²) in [6.45, 7) is 4.44. The van der Waals surface area contributed by atoms with E-state index >= 15 is 0 Å². The average molecular weight is 541 g/mol. The number of fused-ring (bicyclic) bond motifs is 2. The molecule has 2 heterocycles. The van der Waals surface area contributed by atoms with Crippen LogP contribution < -0.4 is 9.47 Å². The lowest BCUT2D eigenvalue weighted by molar-refractivity contribution is 0.0627. The lowest BCUT2D eigenvalue weighted by atomic mass is 9.79. The fourth-order valence-corrected chi connectivity index (χ4v) is 5.21. The molecule has 0 bridgehead atoms. The largest absolute Gasteiger partial charge is 0.487 e. The fraction of sp³-hybridized carbons (Fsp3) is 0.167. The molecule has 2 aromatic heterocycles. The van der Waals surface area contributed by atoms with Gasteiger partial charge < -0.3 is 14.6 Å². The van der Waals surface area contributed by atoms with E-state index in [2.05, 4.69) is 34.2 Å². The van der Waals surface area contributed by atoms with Crippen LogP contribution in [0.4, 0.5) is 0 Å². The van der Waals surface area contributed by atoms with Gasteiger partial charge in [0.2, 0.25) is 0 Å². The zero-order valence-electron chi connectivity index (χ0n) is 23.2.